The molecule has 1 aliphatic rings. The molecule has 7 heteroatoms. The fourth-order valence-corrected chi connectivity index (χ4v) is 2.16. The molecular weight excluding hydrogens is 294 g/mol. The molecule has 0 aliphatic carbocycles. The van der Waals surface area contributed by atoms with Crippen molar-refractivity contribution in [2.45, 2.75) is 13.0 Å². The van der Waals surface area contributed by atoms with E-state index in [9.17, 15) is 4.79 Å². The number of hydrogen-bond donors (Lipinski definition) is 1. The summed E-state index contributed by atoms with van der Waals surface area (Å²) in [4.78, 5) is 12.2. The third-order valence-corrected chi connectivity index (χ3v) is 3.35. The Balaban J connectivity index is 1.72. The third-order valence-electron chi connectivity index (χ3n) is 3.16. The first-order valence-electron chi connectivity index (χ1n) is 6.53. The smallest absolute Gasteiger partial charge is 0.248 e. The highest BCUT2D eigenvalue weighted by Gasteiger charge is 2.18. The van der Waals surface area contributed by atoms with Crippen LogP contribution >= 0.6 is 11.6 Å². The quantitative estimate of drug-likeness (QED) is 0.946. The highest BCUT2D eigenvalue weighted by atomic mass is 35.5. The Morgan fingerprint density at radius 2 is 2.14 bits per heavy atom. The van der Waals surface area contributed by atoms with E-state index in [4.69, 9.17) is 21.1 Å². The van der Waals surface area contributed by atoms with Gasteiger partial charge in [-0.25, -0.2) is 0 Å². The molecule has 21 heavy (non-hydrogen) atoms. The topological polar surface area (TPSA) is 65.4 Å². The molecule has 1 aliphatic heterocycles. The minimum atomic E-state index is -0.467. The number of halogens is 1. The van der Waals surface area contributed by atoms with Gasteiger partial charge in [0.15, 0.2) is 11.5 Å². The fraction of sp³-hybridized carbons (Fsp3) is 0.286. The van der Waals surface area contributed by atoms with E-state index in [1.165, 1.54) is 10.9 Å². The van der Waals surface area contributed by atoms with Crippen molar-refractivity contribution in [1.82, 2.24) is 9.78 Å². The van der Waals surface area contributed by atoms with Crippen molar-refractivity contribution in [2.75, 3.05) is 18.5 Å². The first kappa shape index (κ1) is 13.8. The zero-order chi connectivity index (χ0) is 14.8. The minimum Gasteiger partial charge on any atom is -0.486 e. The highest BCUT2D eigenvalue weighted by molar-refractivity contribution is 6.30. The van der Waals surface area contributed by atoms with Gasteiger partial charge >= 0.3 is 0 Å². The predicted octanol–water partition coefficient (Wildman–Crippen LogP) is 2.51. The number of carbonyl (C=O) groups excluding carboxylic acids is 1. The fourth-order valence-electron chi connectivity index (χ4n) is 2.01. The molecule has 1 unspecified atom stereocenters. The number of benzene rings is 1. The van der Waals surface area contributed by atoms with Crippen LogP contribution in [0.1, 0.15) is 13.0 Å². The normalized spacial score (nSPS) is 14.6. The molecule has 1 atom stereocenters. The molecule has 0 fully saturated rings. The Bertz CT molecular complexity index is 671. The molecule has 3 rings (SSSR count). The average Bonchev–Trinajstić information content (AvgIpc) is 2.93. The van der Waals surface area contributed by atoms with Gasteiger partial charge in [-0.3, -0.25) is 9.48 Å². The van der Waals surface area contributed by atoms with Crippen LogP contribution in [0.2, 0.25) is 5.02 Å². The van der Waals surface area contributed by atoms with Gasteiger partial charge in [-0.1, -0.05) is 11.6 Å². The van der Waals surface area contributed by atoms with Crippen LogP contribution in [0.15, 0.2) is 30.6 Å². The van der Waals surface area contributed by atoms with Gasteiger partial charge in [0, 0.05) is 18.0 Å². The molecule has 1 N–H and O–H groups in total. The van der Waals surface area contributed by atoms with Crippen LogP contribution in [-0.2, 0) is 4.79 Å². The lowest BCUT2D eigenvalue weighted by Gasteiger charge is -2.19. The number of hydrogen-bond acceptors (Lipinski definition) is 4. The van der Waals surface area contributed by atoms with Crippen molar-refractivity contribution in [1.29, 1.82) is 0 Å². The van der Waals surface area contributed by atoms with E-state index in [0.717, 1.165) is 0 Å². The van der Waals surface area contributed by atoms with Gasteiger partial charge in [0.1, 0.15) is 19.3 Å². The maximum absolute atomic E-state index is 12.2. The van der Waals surface area contributed by atoms with Gasteiger partial charge in [-0.15, -0.1) is 0 Å². The lowest BCUT2D eigenvalue weighted by molar-refractivity contribution is -0.119. The Labute approximate surface area is 126 Å². The molecule has 0 saturated heterocycles. The van der Waals surface area contributed by atoms with Crippen LogP contribution < -0.4 is 14.8 Å². The Morgan fingerprint density at radius 3 is 2.86 bits per heavy atom. The van der Waals surface area contributed by atoms with Gasteiger partial charge in [-0.2, -0.15) is 5.10 Å². The standard InChI is InChI=1S/C14H14ClN3O3/c1-9(18-8-10(15)7-16-18)14(19)17-11-2-3-12-13(6-11)21-5-4-20-12/h2-3,6-9H,4-5H2,1H3,(H,17,19). The van der Waals surface area contributed by atoms with Crippen LogP contribution in [0, 0.1) is 0 Å². The molecule has 1 aromatic carbocycles. The molecule has 1 aromatic heterocycles. The van der Waals surface area contributed by atoms with Gasteiger partial charge in [0.2, 0.25) is 5.91 Å². The first-order chi connectivity index (χ1) is 10.1. The van der Waals surface area contributed by atoms with Gasteiger partial charge in [0.05, 0.1) is 11.2 Å². The van der Waals surface area contributed by atoms with E-state index < -0.39 is 6.04 Å². The van der Waals surface area contributed by atoms with Crippen LogP contribution in [0.3, 0.4) is 0 Å². The number of nitrogens with one attached hydrogen (secondary N) is 1. The summed E-state index contributed by atoms with van der Waals surface area (Å²) < 4.78 is 12.4. The number of nitrogens with zero attached hydrogens (tertiary/aromatic N) is 2. The van der Waals surface area contributed by atoms with Crippen LogP contribution in [0.4, 0.5) is 5.69 Å². The number of ether oxygens (including phenoxy) is 2. The molecule has 2 aromatic rings. The van der Waals surface area contributed by atoms with E-state index in [1.807, 2.05) is 0 Å². The Kier molecular flexibility index (Phi) is 3.70. The van der Waals surface area contributed by atoms with Crippen molar-refractivity contribution in [3.05, 3.63) is 35.6 Å². The van der Waals surface area contributed by atoms with Crippen molar-refractivity contribution in [2.24, 2.45) is 0 Å². The second-order valence-electron chi connectivity index (χ2n) is 4.66. The SMILES string of the molecule is CC(C(=O)Nc1ccc2c(c1)OCCO2)n1cc(Cl)cn1. The van der Waals surface area contributed by atoms with E-state index in [1.54, 1.807) is 31.3 Å². The summed E-state index contributed by atoms with van der Waals surface area (Å²) >= 11 is 5.80. The summed E-state index contributed by atoms with van der Waals surface area (Å²) in [6.07, 6.45) is 3.10. The summed E-state index contributed by atoms with van der Waals surface area (Å²) in [5, 5.41) is 7.34. The Hall–Kier alpha value is -2.21. The lowest BCUT2D eigenvalue weighted by Crippen LogP contribution is -2.24. The lowest BCUT2D eigenvalue weighted by atomic mass is 10.2. The van der Waals surface area contributed by atoms with E-state index in [-0.39, 0.29) is 5.91 Å². The molecule has 0 saturated carbocycles. The molecule has 0 spiro atoms. The largest absolute Gasteiger partial charge is 0.486 e. The van der Waals surface area contributed by atoms with Crippen molar-refractivity contribution in [3.63, 3.8) is 0 Å². The zero-order valence-electron chi connectivity index (χ0n) is 11.4. The van der Waals surface area contributed by atoms with E-state index >= 15 is 0 Å². The number of rotatable bonds is 3. The van der Waals surface area contributed by atoms with Crippen LogP contribution in [-0.4, -0.2) is 28.9 Å². The summed E-state index contributed by atoms with van der Waals surface area (Å²) in [7, 11) is 0. The molecule has 2 heterocycles. The van der Waals surface area contributed by atoms with Gasteiger partial charge < -0.3 is 14.8 Å². The molecule has 0 radical (unpaired) electrons. The summed E-state index contributed by atoms with van der Waals surface area (Å²) in [5.41, 5.74) is 0.648. The average molecular weight is 308 g/mol. The van der Waals surface area contributed by atoms with E-state index in [0.29, 0.717) is 35.4 Å². The van der Waals surface area contributed by atoms with Gasteiger partial charge in [0.25, 0.3) is 0 Å². The minimum absolute atomic E-state index is 0.188. The molecule has 0 bridgehead atoms. The van der Waals surface area contributed by atoms with Crippen LogP contribution in [0.25, 0.3) is 0 Å². The van der Waals surface area contributed by atoms with Crippen molar-refractivity contribution in [3.8, 4) is 11.5 Å². The number of fused-ring (bicyclic) bond motifs is 1. The molecular formula is C14H14ClN3O3. The third kappa shape index (κ3) is 2.95. The maximum Gasteiger partial charge on any atom is 0.248 e. The van der Waals surface area contributed by atoms with Crippen molar-refractivity contribution < 1.29 is 14.3 Å². The number of aromatic nitrogens is 2. The second-order valence-corrected chi connectivity index (χ2v) is 5.10. The number of carbonyl (C=O) groups is 1. The van der Waals surface area contributed by atoms with Crippen molar-refractivity contribution >= 4 is 23.2 Å². The predicted molar refractivity (Wildman–Crippen MR) is 78.0 cm³/mol. The summed E-state index contributed by atoms with van der Waals surface area (Å²) in [5.74, 6) is 1.13. The number of amides is 1. The maximum atomic E-state index is 12.2. The highest BCUT2D eigenvalue weighted by Crippen LogP contribution is 2.32. The van der Waals surface area contributed by atoms with E-state index in [2.05, 4.69) is 10.4 Å². The second kappa shape index (κ2) is 5.65. The monoisotopic (exact) mass is 307 g/mol. The zero-order valence-corrected chi connectivity index (χ0v) is 12.1. The molecule has 6 nitrogen and oxygen atoms in total. The number of anilines is 1. The summed E-state index contributed by atoms with van der Waals surface area (Å²) in [6, 6.07) is 4.83. The Morgan fingerprint density at radius 1 is 1.38 bits per heavy atom. The molecule has 1 amide bonds. The van der Waals surface area contributed by atoms with Crippen LogP contribution in [0.5, 0.6) is 11.5 Å². The van der Waals surface area contributed by atoms with Gasteiger partial charge in [-0.05, 0) is 19.1 Å². The molecule has 110 valence electrons. The first-order valence-corrected chi connectivity index (χ1v) is 6.91. The summed E-state index contributed by atoms with van der Waals surface area (Å²) in [6.45, 7) is 2.79.